The normalized spacial score (nSPS) is 19.2. The Labute approximate surface area is 122 Å². The third-order valence-corrected chi connectivity index (χ3v) is 4.03. The summed E-state index contributed by atoms with van der Waals surface area (Å²) in [6, 6.07) is 4.38. The summed E-state index contributed by atoms with van der Waals surface area (Å²) in [5.74, 6) is 1.49. The van der Waals surface area contributed by atoms with Crippen molar-refractivity contribution >= 4 is 15.9 Å². The summed E-state index contributed by atoms with van der Waals surface area (Å²) in [5.41, 5.74) is 1.16. The minimum Gasteiger partial charge on any atom is -0.493 e. The van der Waals surface area contributed by atoms with Gasteiger partial charge >= 0.3 is 0 Å². The predicted molar refractivity (Wildman–Crippen MR) is 77.9 cm³/mol. The minimum absolute atomic E-state index is 0.439. The number of nitrogens with one attached hydrogen (secondary N) is 1. The second kappa shape index (κ2) is 7.12. The van der Waals surface area contributed by atoms with Crippen LogP contribution in [0, 0.1) is 0 Å². The number of hydrogen-bond acceptors (Lipinski definition) is 4. The molecular formula is C14H20BrNO3. The second-order valence-electron chi connectivity index (χ2n) is 4.59. The van der Waals surface area contributed by atoms with Crippen LogP contribution in [0.15, 0.2) is 16.6 Å². The van der Waals surface area contributed by atoms with Crippen molar-refractivity contribution in [2.24, 2.45) is 0 Å². The smallest absolute Gasteiger partial charge is 0.161 e. The molecule has 1 aromatic carbocycles. The molecule has 0 aromatic heterocycles. The van der Waals surface area contributed by atoms with Crippen molar-refractivity contribution in [2.75, 3.05) is 27.4 Å². The van der Waals surface area contributed by atoms with Crippen molar-refractivity contribution in [3.63, 3.8) is 0 Å². The fraction of sp³-hybridized carbons (Fsp3) is 0.571. The summed E-state index contributed by atoms with van der Waals surface area (Å²) in [6.45, 7) is 2.47. The Kier molecular flexibility index (Phi) is 5.48. The molecular weight excluding hydrogens is 310 g/mol. The highest BCUT2D eigenvalue weighted by molar-refractivity contribution is 9.10. The van der Waals surface area contributed by atoms with Gasteiger partial charge in [-0.05, 0) is 30.5 Å². The SMILES string of the molecule is COc1cc(Br)c(CN[C@@H]2CCCOC2)cc1OC. The Hall–Kier alpha value is -0.780. The van der Waals surface area contributed by atoms with Crippen LogP contribution < -0.4 is 14.8 Å². The summed E-state index contributed by atoms with van der Waals surface area (Å²) in [4.78, 5) is 0. The third-order valence-electron chi connectivity index (χ3n) is 3.29. The first-order valence-corrected chi connectivity index (χ1v) is 7.25. The van der Waals surface area contributed by atoms with Gasteiger partial charge < -0.3 is 19.5 Å². The molecule has 0 bridgehead atoms. The van der Waals surface area contributed by atoms with Crippen molar-refractivity contribution in [3.05, 3.63) is 22.2 Å². The summed E-state index contributed by atoms with van der Waals surface area (Å²) < 4.78 is 17.1. The van der Waals surface area contributed by atoms with Gasteiger partial charge in [0.05, 0.1) is 20.8 Å². The quantitative estimate of drug-likeness (QED) is 0.901. The Balaban J connectivity index is 2.02. The van der Waals surface area contributed by atoms with E-state index >= 15 is 0 Å². The average Bonchev–Trinajstić information content (AvgIpc) is 2.46. The van der Waals surface area contributed by atoms with Crippen LogP contribution in [0.25, 0.3) is 0 Å². The first kappa shape index (κ1) is 14.6. The fourth-order valence-corrected chi connectivity index (χ4v) is 2.65. The van der Waals surface area contributed by atoms with Gasteiger partial charge in [-0.25, -0.2) is 0 Å². The largest absolute Gasteiger partial charge is 0.493 e. The molecule has 4 nitrogen and oxygen atoms in total. The zero-order valence-corrected chi connectivity index (χ0v) is 13.0. The van der Waals surface area contributed by atoms with Crippen LogP contribution in [0.5, 0.6) is 11.5 Å². The lowest BCUT2D eigenvalue weighted by Crippen LogP contribution is -2.36. The predicted octanol–water partition coefficient (Wildman–Crippen LogP) is 2.73. The molecule has 0 amide bonds. The minimum atomic E-state index is 0.439. The molecule has 0 radical (unpaired) electrons. The molecule has 19 heavy (non-hydrogen) atoms. The maximum absolute atomic E-state index is 5.46. The summed E-state index contributed by atoms with van der Waals surface area (Å²) in [6.07, 6.45) is 2.30. The first-order valence-electron chi connectivity index (χ1n) is 6.46. The van der Waals surface area contributed by atoms with Gasteiger partial charge in [0.1, 0.15) is 0 Å². The van der Waals surface area contributed by atoms with Crippen LogP contribution in [-0.2, 0) is 11.3 Å². The van der Waals surface area contributed by atoms with E-state index in [-0.39, 0.29) is 0 Å². The molecule has 1 atom stereocenters. The first-order chi connectivity index (χ1) is 9.24. The van der Waals surface area contributed by atoms with Gasteiger partial charge in [-0.15, -0.1) is 0 Å². The molecule has 0 saturated carbocycles. The molecule has 106 valence electrons. The number of methoxy groups -OCH3 is 2. The van der Waals surface area contributed by atoms with Gasteiger partial charge in [0.15, 0.2) is 11.5 Å². The number of hydrogen-bond donors (Lipinski definition) is 1. The van der Waals surface area contributed by atoms with Crippen LogP contribution in [0.2, 0.25) is 0 Å². The monoisotopic (exact) mass is 329 g/mol. The Morgan fingerprint density at radius 1 is 1.32 bits per heavy atom. The lowest BCUT2D eigenvalue weighted by molar-refractivity contribution is 0.0699. The maximum atomic E-state index is 5.46. The van der Waals surface area contributed by atoms with E-state index in [1.807, 2.05) is 12.1 Å². The van der Waals surface area contributed by atoms with Crippen LogP contribution in [-0.4, -0.2) is 33.5 Å². The molecule has 1 fully saturated rings. The van der Waals surface area contributed by atoms with Crippen molar-refractivity contribution < 1.29 is 14.2 Å². The van der Waals surface area contributed by atoms with Crippen molar-refractivity contribution in [2.45, 2.75) is 25.4 Å². The molecule has 1 N–H and O–H groups in total. The zero-order valence-electron chi connectivity index (χ0n) is 11.4. The third kappa shape index (κ3) is 3.84. The molecule has 0 spiro atoms. The maximum Gasteiger partial charge on any atom is 0.161 e. The molecule has 1 aromatic rings. The molecule has 1 aliphatic rings. The lowest BCUT2D eigenvalue weighted by atomic mass is 10.1. The van der Waals surface area contributed by atoms with E-state index in [0.29, 0.717) is 6.04 Å². The van der Waals surface area contributed by atoms with Crippen molar-refractivity contribution in [1.29, 1.82) is 0 Å². The summed E-state index contributed by atoms with van der Waals surface area (Å²) in [7, 11) is 3.29. The van der Waals surface area contributed by atoms with E-state index in [1.165, 1.54) is 6.42 Å². The Morgan fingerprint density at radius 3 is 2.68 bits per heavy atom. The average molecular weight is 330 g/mol. The molecule has 0 aliphatic carbocycles. The van der Waals surface area contributed by atoms with Gasteiger partial charge in [-0.2, -0.15) is 0 Å². The molecule has 1 saturated heterocycles. The molecule has 2 rings (SSSR count). The van der Waals surface area contributed by atoms with Crippen LogP contribution in [0.1, 0.15) is 18.4 Å². The van der Waals surface area contributed by atoms with Gasteiger partial charge in [0.25, 0.3) is 0 Å². The van der Waals surface area contributed by atoms with E-state index in [0.717, 1.165) is 47.7 Å². The zero-order chi connectivity index (χ0) is 13.7. The van der Waals surface area contributed by atoms with E-state index in [4.69, 9.17) is 14.2 Å². The topological polar surface area (TPSA) is 39.7 Å². The van der Waals surface area contributed by atoms with Gasteiger partial charge in [0, 0.05) is 23.7 Å². The number of ether oxygens (including phenoxy) is 3. The van der Waals surface area contributed by atoms with E-state index < -0.39 is 0 Å². The van der Waals surface area contributed by atoms with Gasteiger partial charge in [0.2, 0.25) is 0 Å². The van der Waals surface area contributed by atoms with Crippen LogP contribution in [0.4, 0.5) is 0 Å². The standard InChI is InChI=1S/C14H20BrNO3/c1-17-13-6-10(12(15)7-14(13)18-2)8-16-11-4-3-5-19-9-11/h6-7,11,16H,3-5,8-9H2,1-2H3/t11-/m1/s1. The number of benzene rings is 1. The highest BCUT2D eigenvalue weighted by Crippen LogP contribution is 2.33. The number of rotatable bonds is 5. The second-order valence-corrected chi connectivity index (χ2v) is 5.45. The van der Waals surface area contributed by atoms with E-state index in [1.54, 1.807) is 14.2 Å². The fourth-order valence-electron chi connectivity index (χ4n) is 2.19. The Morgan fingerprint density at radius 2 is 2.05 bits per heavy atom. The summed E-state index contributed by atoms with van der Waals surface area (Å²) >= 11 is 3.57. The number of halogens is 1. The molecule has 1 heterocycles. The lowest BCUT2D eigenvalue weighted by Gasteiger charge is -2.23. The van der Waals surface area contributed by atoms with Crippen LogP contribution >= 0.6 is 15.9 Å². The highest BCUT2D eigenvalue weighted by Gasteiger charge is 2.15. The van der Waals surface area contributed by atoms with Gasteiger partial charge in [-0.3, -0.25) is 0 Å². The van der Waals surface area contributed by atoms with E-state index in [2.05, 4.69) is 21.2 Å². The molecule has 1 aliphatic heterocycles. The van der Waals surface area contributed by atoms with Crippen LogP contribution in [0.3, 0.4) is 0 Å². The molecule has 5 heteroatoms. The van der Waals surface area contributed by atoms with Gasteiger partial charge in [-0.1, -0.05) is 15.9 Å². The highest BCUT2D eigenvalue weighted by atomic mass is 79.9. The van der Waals surface area contributed by atoms with Crippen molar-refractivity contribution in [3.8, 4) is 11.5 Å². The Bertz CT molecular complexity index is 419. The van der Waals surface area contributed by atoms with E-state index in [9.17, 15) is 0 Å². The summed E-state index contributed by atoms with van der Waals surface area (Å²) in [5, 5.41) is 3.52. The van der Waals surface area contributed by atoms with Crippen molar-refractivity contribution in [1.82, 2.24) is 5.32 Å². The molecule has 0 unspecified atom stereocenters.